The molecule has 0 unspecified atom stereocenters. The fourth-order valence-electron chi connectivity index (χ4n) is 1.02. The van der Waals surface area contributed by atoms with Gasteiger partial charge in [-0.25, -0.2) is 13.4 Å². The van der Waals surface area contributed by atoms with Gasteiger partial charge in [0.1, 0.15) is 15.7 Å². The first kappa shape index (κ1) is 11.7. The van der Waals surface area contributed by atoms with E-state index in [0.29, 0.717) is 18.8 Å². The summed E-state index contributed by atoms with van der Waals surface area (Å²) < 4.78 is 21.6. The molecule has 1 rings (SSSR count). The van der Waals surface area contributed by atoms with E-state index in [2.05, 4.69) is 15.3 Å². The van der Waals surface area contributed by atoms with Gasteiger partial charge in [0.05, 0.1) is 12.1 Å². The average Bonchev–Trinajstić information content (AvgIpc) is 2.11. The van der Waals surface area contributed by atoms with Crippen LogP contribution in [0.1, 0.15) is 6.42 Å². The Morgan fingerprint density at radius 2 is 2.27 bits per heavy atom. The third-order valence-electron chi connectivity index (χ3n) is 1.68. The van der Waals surface area contributed by atoms with Crippen molar-refractivity contribution in [1.29, 1.82) is 0 Å². The quantitative estimate of drug-likeness (QED) is 0.674. The number of aromatic nitrogens is 2. The summed E-state index contributed by atoms with van der Waals surface area (Å²) in [5.41, 5.74) is -0.240. The van der Waals surface area contributed by atoms with Gasteiger partial charge in [-0.15, -0.1) is 0 Å². The minimum atomic E-state index is -2.92. The van der Waals surface area contributed by atoms with E-state index in [9.17, 15) is 13.2 Å². The first-order valence-electron chi connectivity index (χ1n) is 4.44. The first-order valence-corrected chi connectivity index (χ1v) is 6.50. The maximum atomic E-state index is 10.9. The molecular formula is C8H13N3O3S. The van der Waals surface area contributed by atoms with Gasteiger partial charge < -0.3 is 10.3 Å². The molecule has 1 aromatic heterocycles. The van der Waals surface area contributed by atoms with Gasteiger partial charge in [0.2, 0.25) is 0 Å². The summed E-state index contributed by atoms with van der Waals surface area (Å²) in [5, 5.41) is 2.86. The van der Waals surface area contributed by atoms with Gasteiger partial charge in [-0.1, -0.05) is 0 Å². The van der Waals surface area contributed by atoms with E-state index in [0.717, 1.165) is 0 Å². The molecular weight excluding hydrogens is 218 g/mol. The molecule has 84 valence electrons. The monoisotopic (exact) mass is 231 g/mol. The molecule has 0 saturated carbocycles. The summed E-state index contributed by atoms with van der Waals surface area (Å²) in [4.78, 5) is 17.1. The zero-order valence-corrected chi connectivity index (χ0v) is 9.17. The Morgan fingerprint density at radius 3 is 2.87 bits per heavy atom. The van der Waals surface area contributed by atoms with Crippen molar-refractivity contribution in [2.24, 2.45) is 0 Å². The largest absolute Gasteiger partial charge is 0.370 e. The van der Waals surface area contributed by atoms with Crippen LogP contribution in [0.3, 0.4) is 0 Å². The van der Waals surface area contributed by atoms with Crippen molar-refractivity contribution in [3.8, 4) is 0 Å². The number of nitrogens with zero attached hydrogens (tertiary/aromatic N) is 1. The number of aromatic amines is 1. The maximum absolute atomic E-state index is 10.9. The first-order chi connectivity index (χ1) is 6.97. The number of hydrogen-bond donors (Lipinski definition) is 2. The zero-order chi connectivity index (χ0) is 11.3. The van der Waals surface area contributed by atoms with Gasteiger partial charge >= 0.3 is 0 Å². The molecule has 0 fully saturated rings. The number of sulfone groups is 1. The molecule has 2 N–H and O–H groups in total. The Kier molecular flexibility index (Phi) is 3.84. The van der Waals surface area contributed by atoms with Crippen molar-refractivity contribution in [2.45, 2.75) is 6.42 Å². The van der Waals surface area contributed by atoms with E-state index < -0.39 is 9.84 Å². The Labute approximate surface area is 87.7 Å². The normalized spacial score (nSPS) is 11.3. The van der Waals surface area contributed by atoms with E-state index in [1.807, 2.05) is 0 Å². The summed E-state index contributed by atoms with van der Waals surface area (Å²) in [5.74, 6) is 0.579. The topological polar surface area (TPSA) is 91.9 Å². The number of hydrogen-bond acceptors (Lipinski definition) is 5. The molecule has 0 aliphatic heterocycles. The third kappa shape index (κ3) is 5.16. The van der Waals surface area contributed by atoms with Crippen LogP contribution < -0.4 is 10.9 Å². The van der Waals surface area contributed by atoms with E-state index in [1.54, 1.807) is 0 Å². The molecule has 0 aliphatic rings. The van der Waals surface area contributed by atoms with Gasteiger partial charge in [0.15, 0.2) is 0 Å². The summed E-state index contributed by atoms with van der Waals surface area (Å²) in [7, 11) is -2.92. The van der Waals surface area contributed by atoms with Crippen LogP contribution in [0.5, 0.6) is 0 Å². The van der Waals surface area contributed by atoms with Crippen molar-refractivity contribution in [3.63, 3.8) is 0 Å². The summed E-state index contributed by atoms with van der Waals surface area (Å²) in [6.45, 7) is 0.476. The summed E-state index contributed by atoms with van der Waals surface area (Å²) >= 11 is 0. The summed E-state index contributed by atoms with van der Waals surface area (Å²) in [6, 6.07) is 1.32. The molecule has 0 amide bonds. The number of rotatable bonds is 5. The van der Waals surface area contributed by atoms with Crippen molar-refractivity contribution < 1.29 is 8.42 Å². The Hall–Kier alpha value is -1.37. The Morgan fingerprint density at radius 1 is 1.53 bits per heavy atom. The molecule has 1 aromatic rings. The molecule has 0 saturated heterocycles. The number of nitrogens with one attached hydrogen (secondary N) is 2. The minimum absolute atomic E-state index is 0.128. The van der Waals surface area contributed by atoms with Gasteiger partial charge in [-0.2, -0.15) is 0 Å². The predicted molar refractivity (Wildman–Crippen MR) is 57.7 cm³/mol. The van der Waals surface area contributed by atoms with Crippen molar-refractivity contribution in [1.82, 2.24) is 9.97 Å². The van der Waals surface area contributed by atoms with Crippen LogP contribution in [0, 0.1) is 0 Å². The van der Waals surface area contributed by atoms with Crippen LogP contribution in [-0.2, 0) is 9.84 Å². The SMILES string of the molecule is CS(=O)(=O)CCCNc1cc(=O)[nH]cn1. The highest BCUT2D eigenvalue weighted by Gasteiger charge is 2.01. The Bertz CT molecular complexity index is 466. The second kappa shape index (κ2) is 4.92. The molecule has 0 atom stereocenters. The van der Waals surface area contributed by atoms with Gasteiger partial charge in [0.25, 0.3) is 5.56 Å². The average molecular weight is 231 g/mol. The fraction of sp³-hybridized carbons (Fsp3) is 0.500. The predicted octanol–water partition coefficient (Wildman–Crippen LogP) is -0.384. The molecule has 1 heterocycles. The maximum Gasteiger partial charge on any atom is 0.252 e. The molecule has 0 aliphatic carbocycles. The lowest BCUT2D eigenvalue weighted by Crippen LogP contribution is -2.12. The second-order valence-corrected chi connectivity index (χ2v) is 5.47. The highest BCUT2D eigenvalue weighted by atomic mass is 32.2. The van der Waals surface area contributed by atoms with Crippen molar-refractivity contribution in [3.05, 3.63) is 22.7 Å². The van der Waals surface area contributed by atoms with Crippen molar-refractivity contribution in [2.75, 3.05) is 23.9 Å². The second-order valence-electron chi connectivity index (χ2n) is 3.21. The molecule has 0 spiro atoms. The van der Waals surface area contributed by atoms with Gasteiger partial charge in [0, 0.05) is 18.9 Å². The number of H-pyrrole nitrogens is 1. The number of anilines is 1. The van der Waals surface area contributed by atoms with E-state index in [-0.39, 0.29) is 11.3 Å². The van der Waals surface area contributed by atoms with Crippen LogP contribution in [0.15, 0.2) is 17.2 Å². The minimum Gasteiger partial charge on any atom is -0.370 e. The van der Waals surface area contributed by atoms with Crippen LogP contribution in [0.25, 0.3) is 0 Å². The highest BCUT2D eigenvalue weighted by molar-refractivity contribution is 7.90. The highest BCUT2D eigenvalue weighted by Crippen LogP contribution is 1.96. The van der Waals surface area contributed by atoms with Crippen molar-refractivity contribution >= 4 is 15.7 Å². The molecule has 6 nitrogen and oxygen atoms in total. The fourth-order valence-corrected chi connectivity index (χ4v) is 1.68. The molecule has 0 radical (unpaired) electrons. The van der Waals surface area contributed by atoms with Gasteiger partial charge in [-0.3, -0.25) is 4.79 Å². The smallest absolute Gasteiger partial charge is 0.252 e. The molecule has 15 heavy (non-hydrogen) atoms. The van der Waals surface area contributed by atoms with E-state index in [4.69, 9.17) is 0 Å². The molecule has 0 bridgehead atoms. The molecule has 0 aromatic carbocycles. The van der Waals surface area contributed by atoms with E-state index in [1.165, 1.54) is 18.6 Å². The van der Waals surface area contributed by atoms with Crippen LogP contribution in [0.4, 0.5) is 5.82 Å². The third-order valence-corrected chi connectivity index (χ3v) is 2.71. The van der Waals surface area contributed by atoms with E-state index >= 15 is 0 Å². The lowest BCUT2D eigenvalue weighted by molar-refractivity contribution is 0.600. The lowest BCUT2D eigenvalue weighted by Gasteiger charge is -2.03. The van der Waals surface area contributed by atoms with Crippen LogP contribution >= 0.6 is 0 Å². The lowest BCUT2D eigenvalue weighted by atomic mass is 10.4. The Balaban J connectivity index is 2.36. The zero-order valence-electron chi connectivity index (χ0n) is 8.36. The standard InChI is InChI=1S/C8H13N3O3S/c1-15(13,14)4-2-3-9-7-5-8(12)11-6-10-7/h5-6H,2-4H2,1H3,(H2,9,10,11,12). The van der Waals surface area contributed by atoms with Crippen LogP contribution in [-0.4, -0.2) is 36.9 Å². The van der Waals surface area contributed by atoms with Crippen LogP contribution in [0.2, 0.25) is 0 Å². The molecule has 7 heteroatoms. The van der Waals surface area contributed by atoms with Gasteiger partial charge in [-0.05, 0) is 6.42 Å². The summed E-state index contributed by atoms with van der Waals surface area (Å²) in [6.07, 6.45) is 2.98.